The standard InChI is InChI=1S/C15H18N2/c1-11-5-6-13(9-12(11)2)15-10-14(17(3)4)7-8-16-15/h5-10H,1-4H3. The predicted molar refractivity (Wildman–Crippen MR) is 73.5 cm³/mol. The molecule has 0 saturated heterocycles. The second kappa shape index (κ2) is 4.58. The summed E-state index contributed by atoms with van der Waals surface area (Å²) in [5.41, 5.74) is 6.00. The fraction of sp³-hybridized carbons (Fsp3) is 0.267. The number of hydrogen-bond donors (Lipinski definition) is 0. The topological polar surface area (TPSA) is 16.1 Å². The fourth-order valence-electron chi connectivity index (χ4n) is 1.76. The van der Waals surface area contributed by atoms with Crippen LogP contribution in [-0.2, 0) is 0 Å². The zero-order valence-corrected chi connectivity index (χ0v) is 10.9. The van der Waals surface area contributed by atoms with Crippen molar-refractivity contribution in [3.05, 3.63) is 47.7 Å². The van der Waals surface area contributed by atoms with Gasteiger partial charge in [-0.1, -0.05) is 12.1 Å². The summed E-state index contributed by atoms with van der Waals surface area (Å²) in [5.74, 6) is 0. The number of pyridine rings is 1. The van der Waals surface area contributed by atoms with Crippen molar-refractivity contribution in [1.82, 2.24) is 4.98 Å². The molecule has 1 aromatic heterocycles. The van der Waals surface area contributed by atoms with Gasteiger partial charge in [-0.05, 0) is 43.2 Å². The Morgan fingerprint density at radius 3 is 2.35 bits per heavy atom. The van der Waals surface area contributed by atoms with E-state index in [9.17, 15) is 0 Å². The lowest BCUT2D eigenvalue weighted by Gasteiger charge is -2.13. The first-order valence-electron chi connectivity index (χ1n) is 5.79. The van der Waals surface area contributed by atoms with Crippen LogP contribution >= 0.6 is 0 Å². The Morgan fingerprint density at radius 2 is 1.71 bits per heavy atom. The lowest BCUT2D eigenvalue weighted by Crippen LogP contribution is -2.08. The molecule has 0 aliphatic heterocycles. The third kappa shape index (κ3) is 2.47. The van der Waals surface area contributed by atoms with Crippen LogP contribution in [0.5, 0.6) is 0 Å². The van der Waals surface area contributed by atoms with Gasteiger partial charge in [-0.25, -0.2) is 0 Å². The number of aromatic nitrogens is 1. The molecule has 2 rings (SSSR count). The Balaban J connectivity index is 2.45. The molecule has 0 saturated carbocycles. The molecule has 0 radical (unpaired) electrons. The maximum Gasteiger partial charge on any atom is 0.0722 e. The molecule has 0 spiro atoms. The molecule has 88 valence electrons. The summed E-state index contributed by atoms with van der Waals surface area (Å²) in [6, 6.07) is 10.6. The van der Waals surface area contributed by atoms with Crippen molar-refractivity contribution >= 4 is 5.69 Å². The second-order valence-electron chi connectivity index (χ2n) is 4.59. The lowest BCUT2D eigenvalue weighted by molar-refractivity contribution is 1.12. The lowest BCUT2D eigenvalue weighted by atomic mass is 10.0. The van der Waals surface area contributed by atoms with Gasteiger partial charge >= 0.3 is 0 Å². The summed E-state index contributed by atoms with van der Waals surface area (Å²) >= 11 is 0. The van der Waals surface area contributed by atoms with E-state index < -0.39 is 0 Å². The molecule has 0 atom stereocenters. The Morgan fingerprint density at radius 1 is 0.941 bits per heavy atom. The highest BCUT2D eigenvalue weighted by Crippen LogP contribution is 2.23. The van der Waals surface area contributed by atoms with Gasteiger partial charge in [-0.3, -0.25) is 4.98 Å². The van der Waals surface area contributed by atoms with Crippen molar-refractivity contribution in [3.8, 4) is 11.3 Å². The summed E-state index contributed by atoms with van der Waals surface area (Å²) in [5, 5.41) is 0. The molecule has 1 aromatic carbocycles. The minimum absolute atomic E-state index is 1.03. The Labute approximate surface area is 103 Å². The van der Waals surface area contributed by atoms with E-state index in [0.29, 0.717) is 0 Å². The maximum absolute atomic E-state index is 4.44. The molecule has 0 bridgehead atoms. The Hall–Kier alpha value is -1.83. The van der Waals surface area contributed by atoms with Crippen LogP contribution in [0.15, 0.2) is 36.5 Å². The number of rotatable bonds is 2. The van der Waals surface area contributed by atoms with E-state index in [1.807, 2.05) is 26.4 Å². The third-order valence-corrected chi connectivity index (χ3v) is 3.06. The Kier molecular flexibility index (Phi) is 3.14. The number of anilines is 1. The molecule has 0 N–H and O–H groups in total. The minimum atomic E-state index is 1.03. The summed E-state index contributed by atoms with van der Waals surface area (Å²) in [4.78, 5) is 6.53. The highest BCUT2D eigenvalue weighted by atomic mass is 15.1. The molecule has 2 heteroatoms. The van der Waals surface area contributed by atoms with Gasteiger partial charge in [0.25, 0.3) is 0 Å². The van der Waals surface area contributed by atoms with Gasteiger partial charge in [-0.2, -0.15) is 0 Å². The van der Waals surface area contributed by atoms with E-state index in [4.69, 9.17) is 0 Å². The zero-order valence-electron chi connectivity index (χ0n) is 10.9. The van der Waals surface area contributed by atoms with Crippen molar-refractivity contribution in [2.45, 2.75) is 13.8 Å². The molecule has 2 aromatic rings. The van der Waals surface area contributed by atoms with Gasteiger partial charge < -0.3 is 4.90 Å². The zero-order chi connectivity index (χ0) is 12.4. The van der Waals surface area contributed by atoms with Crippen LogP contribution in [0, 0.1) is 13.8 Å². The minimum Gasteiger partial charge on any atom is -0.378 e. The van der Waals surface area contributed by atoms with Gasteiger partial charge in [0.2, 0.25) is 0 Å². The van der Waals surface area contributed by atoms with E-state index in [1.54, 1.807) is 0 Å². The first kappa shape index (κ1) is 11.6. The van der Waals surface area contributed by atoms with E-state index in [1.165, 1.54) is 22.4 Å². The van der Waals surface area contributed by atoms with Crippen LogP contribution in [0.2, 0.25) is 0 Å². The summed E-state index contributed by atoms with van der Waals surface area (Å²) in [7, 11) is 4.08. The van der Waals surface area contributed by atoms with Crippen molar-refractivity contribution in [2.75, 3.05) is 19.0 Å². The quantitative estimate of drug-likeness (QED) is 0.780. The number of benzene rings is 1. The molecule has 0 aliphatic rings. The number of nitrogens with zero attached hydrogens (tertiary/aromatic N) is 2. The maximum atomic E-state index is 4.44. The van der Waals surface area contributed by atoms with Gasteiger partial charge in [0.15, 0.2) is 0 Å². The average Bonchev–Trinajstić information content (AvgIpc) is 2.33. The third-order valence-electron chi connectivity index (χ3n) is 3.06. The second-order valence-corrected chi connectivity index (χ2v) is 4.59. The van der Waals surface area contributed by atoms with Crippen LogP contribution in [0.4, 0.5) is 5.69 Å². The first-order valence-corrected chi connectivity index (χ1v) is 5.79. The number of aryl methyl sites for hydroxylation is 2. The fourth-order valence-corrected chi connectivity index (χ4v) is 1.76. The molecule has 0 aliphatic carbocycles. The first-order chi connectivity index (χ1) is 8.08. The van der Waals surface area contributed by atoms with E-state index >= 15 is 0 Å². The summed E-state index contributed by atoms with van der Waals surface area (Å²) in [6.45, 7) is 4.26. The number of hydrogen-bond acceptors (Lipinski definition) is 2. The van der Waals surface area contributed by atoms with Crippen molar-refractivity contribution in [1.29, 1.82) is 0 Å². The van der Waals surface area contributed by atoms with Crippen LogP contribution in [0.3, 0.4) is 0 Å². The molecule has 17 heavy (non-hydrogen) atoms. The average molecular weight is 226 g/mol. The van der Waals surface area contributed by atoms with Gasteiger partial charge in [0.1, 0.15) is 0 Å². The molecule has 0 fully saturated rings. The van der Waals surface area contributed by atoms with E-state index in [-0.39, 0.29) is 0 Å². The summed E-state index contributed by atoms with van der Waals surface area (Å²) < 4.78 is 0. The van der Waals surface area contributed by atoms with Gasteiger partial charge in [-0.15, -0.1) is 0 Å². The van der Waals surface area contributed by atoms with E-state index in [0.717, 1.165) is 5.69 Å². The highest BCUT2D eigenvalue weighted by molar-refractivity contribution is 5.65. The summed E-state index contributed by atoms with van der Waals surface area (Å²) in [6.07, 6.45) is 1.86. The molecule has 2 nitrogen and oxygen atoms in total. The largest absolute Gasteiger partial charge is 0.378 e. The highest BCUT2D eigenvalue weighted by Gasteiger charge is 2.03. The SMILES string of the molecule is Cc1ccc(-c2cc(N(C)C)ccn2)cc1C. The normalized spacial score (nSPS) is 10.4. The molecular formula is C15H18N2. The van der Waals surface area contributed by atoms with Crippen LogP contribution in [-0.4, -0.2) is 19.1 Å². The van der Waals surface area contributed by atoms with E-state index in [2.05, 4.69) is 48.0 Å². The smallest absolute Gasteiger partial charge is 0.0722 e. The monoisotopic (exact) mass is 226 g/mol. The Bertz CT molecular complexity index is 530. The molecule has 0 unspecified atom stereocenters. The van der Waals surface area contributed by atoms with Crippen molar-refractivity contribution in [2.24, 2.45) is 0 Å². The van der Waals surface area contributed by atoms with Crippen LogP contribution in [0.1, 0.15) is 11.1 Å². The van der Waals surface area contributed by atoms with Crippen molar-refractivity contribution < 1.29 is 0 Å². The predicted octanol–water partition coefficient (Wildman–Crippen LogP) is 3.43. The van der Waals surface area contributed by atoms with Gasteiger partial charge in [0, 0.05) is 31.5 Å². The molecule has 1 heterocycles. The molecule has 0 amide bonds. The van der Waals surface area contributed by atoms with Crippen LogP contribution < -0.4 is 4.90 Å². The van der Waals surface area contributed by atoms with Crippen LogP contribution in [0.25, 0.3) is 11.3 Å². The van der Waals surface area contributed by atoms with Gasteiger partial charge in [0.05, 0.1) is 5.69 Å². The van der Waals surface area contributed by atoms with Crippen molar-refractivity contribution in [3.63, 3.8) is 0 Å². The molecular weight excluding hydrogens is 208 g/mol.